The molecule has 3 aromatic carbocycles. The molecule has 1 aliphatic rings. The lowest BCUT2D eigenvalue weighted by molar-refractivity contribution is -0.130. The van der Waals surface area contributed by atoms with Gasteiger partial charge < -0.3 is 5.73 Å². The van der Waals surface area contributed by atoms with E-state index in [1.165, 1.54) is 24.3 Å². The average Bonchev–Trinajstić information content (AvgIpc) is 2.81. The zero-order valence-corrected chi connectivity index (χ0v) is 16.4. The number of carbonyl (C=O) groups excluding carboxylic acids is 4. The van der Waals surface area contributed by atoms with Crippen molar-refractivity contribution in [3.8, 4) is 0 Å². The average molecular weight is 413 g/mol. The summed E-state index contributed by atoms with van der Waals surface area (Å²) in [5.41, 5.74) is 7.19. The number of hydrogen-bond acceptors (Lipinski definition) is 6. The summed E-state index contributed by atoms with van der Waals surface area (Å²) in [6, 6.07) is 18.8. The lowest BCUT2D eigenvalue weighted by Gasteiger charge is -2.23. The lowest BCUT2D eigenvalue weighted by Crippen LogP contribution is -2.51. The molecule has 0 bridgehead atoms. The molecule has 1 aliphatic carbocycles. The Morgan fingerprint density at radius 3 is 2.03 bits per heavy atom. The van der Waals surface area contributed by atoms with E-state index in [2.05, 4.69) is 0 Å². The molecule has 0 saturated heterocycles. The summed E-state index contributed by atoms with van der Waals surface area (Å²) >= 11 is 0. The summed E-state index contributed by atoms with van der Waals surface area (Å²) in [6.45, 7) is 0. The summed E-state index contributed by atoms with van der Waals surface area (Å²) in [7, 11) is 0. The molecule has 7 nitrogen and oxygen atoms in total. The smallest absolute Gasteiger partial charge is 0.275 e. The number of imide groups is 1. The van der Waals surface area contributed by atoms with Gasteiger partial charge in [-0.05, 0) is 18.1 Å². The maximum absolute atomic E-state index is 13.1. The first-order valence-electron chi connectivity index (χ1n) is 9.64. The van der Waals surface area contributed by atoms with E-state index in [-0.39, 0.29) is 40.0 Å². The largest absolute Gasteiger partial charge is 0.320 e. The number of nitrogens with zero attached hydrogens (tertiary/aromatic N) is 1. The number of carbonyl (C=O) groups is 4. The Morgan fingerprint density at radius 1 is 0.774 bits per heavy atom. The van der Waals surface area contributed by atoms with Crippen molar-refractivity contribution in [3.63, 3.8) is 0 Å². The molecule has 4 N–H and O–H groups in total. The zero-order valence-electron chi connectivity index (χ0n) is 16.4. The Morgan fingerprint density at radius 2 is 1.35 bits per heavy atom. The van der Waals surface area contributed by atoms with Gasteiger partial charge in [0.1, 0.15) is 0 Å². The van der Waals surface area contributed by atoms with Crippen LogP contribution in [0.5, 0.6) is 0 Å². The predicted octanol–water partition coefficient (Wildman–Crippen LogP) is 1.87. The van der Waals surface area contributed by atoms with Crippen LogP contribution in [0.4, 0.5) is 0 Å². The molecule has 0 radical (unpaired) electrons. The van der Waals surface area contributed by atoms with Gasteiger partial charge in [-0.3, -0.25) is 19.2 Å². The Labute approximate surface area is 178 Å². The van der Waals surface area contributed by atoms with Crippen molar-refractivity contribution >= 4 is 23.4 Å². The van der Waals surface area contributed by atoms with Crippen LogP contribution in [0, 0.1) is 0 Å². The van der Waals surface area contributed by atoms with Gasteiger partial charge in [-0.2, -0.15) is 0 Å². The quantitative estimate of drug-likeness (QED) is 0.299. The molecule has 1 atom stereocenters. The van der Waals surface area contributed by atoms with Gasteiger partial charge in [0.25, 0.3) is 11.8 Å². The van der Waals surface area contributed by atoms with Gasteiger partial charge in [0.05, 0.1) is 11.6 Å². The molecule has 0 unspecified atom stereocenters. The maximum Gasteiger partial charge on any atom is 0.275 e. The van der Waals surface area contributed by atoms with Crippen molar-refractivity contribution in [3.05, 3.63) is 106 Å². The highest BCUT2D eigenvalue weighted by atomic mass is 16.2. The Bertz CT molecular complexity index is 1220. The van der Waals surface area contributed by atoms with Gasteiger partial charge in [-0.1, -0.05) is 66.7 Å². The summed E-state index contributed by atoms with van der Waals surface area (Å²) < 4.78 is 0. The lowest BCUT2D eigenvalue weighted by atomic mass is 9.81. The number of hydrazine groups is 1. The summed E-state index contributed by atoms with van der Waals surface area (Å²) in [6.07, 6.45) is 0.193. The van der Waals surface area contributed by atoms with Crippen molar-refractivity contribution in [2.24, 2.45) is 11.6 Å². The van der Waals surface area contributed by atoms with E-state index in [9.17, 15) is 19.2 Å². The maximum atomic E-state index is 13.1. The molecule has 31 heavy (non-hydrogen) atoms. The number of nitrogens with two attached hydrogens (primary N) is 2. The van der Waals surface area contributed by atoms with Gasteiger partial charge in [-0.25, -0.2) is 10.9 Å². The first kappa shape index (κ1) is 20.3. The summed E-state index contributed by atoms with van der Waals surface area (Å²) in [5, 5.41) is 0.418. The van der Waals surface area contributed by atoms with E-state index in [4.69, 9.17) is 11.6 Å². The highest BCUT2D eigenvalue weighted by molar-refractivity contribution is 6.31. The molecule has 7 heteroatoms. The Hall–Kier alpha value is -3.94. The van der Waals surface area contributed by atoms with Crippen LogP contribution >= 0.6 is 0 Å². The minimum Gasteiger partial charge on any atom is -0.320 e. The third-order valence-electron chi connectivity index (χ3n) is 5.25. The SMILES string of the molecule is N[C@H](Cc1ccccc1)C(=O)N(N)C(=O)c1cccc2c1C(=O)c1ccccc1C2=O. The van der Waals surface area contributed by atoms with Crippen LogP contribution in [0.1, 0.15) is 47.8 Å². The fraction of sp³-hybridized carbons (Fsp3) is 0.0833. The second-order valence-corrected chi connectivity index (χ2v) is 7.24. The predicted molar refractivity (Wildman–Crippen MR) is 113 cm³/mol. The third-order valence-corrected chi connectivity index (χ3v) is 5.25. The van der Waals surface area contributed by atoms with Gasteiger partial charge in [0, 0.05) is 22.3 Å². The number of hydrogen-bond donors (Lipinski definition) is 2. The van der Waals surface area contributed by atoms with Crippen LogP contribution in [0.2, 0.25) is 0 Å². The molecule has 154 valence electrons. The molecular weight excluding hydrogens is 394 g/mol. The summed E-state index contributed by atoms with van der Waals surface area (Å²) in [4.78, 5) is 51.6. The minimum atomic E-state index is -1.05. The van der Waals surface area contributed by atoms with Crippen LogP contribution < -0.4 is 11.6 Å². The van der Waals surface area contributed by atoms with Gasteiger partial charge in [-0.15, -0.1) is 0 Å². The number of amides is 2. The van der Waals surface area contributed by atoms with Crippen molar-refractivity contribution in [2.45, 2.75) is 12.5 Å². The molecule has 3 aromatic rings. The van der Waals surface area contributed by atoms with Crippen molar-refractivity contribution in [2.75, 3.05) is 0 Å². The number of benzene rings is 3. The van der Waals surface area contributed by atoms with Gasteiger partial charge in [0.15, 0.2) is 11.6 Å². The normalized spacial score (nSPS) is 13.2. The highest BCUT2D eigenvalue weighted by Crippen LogP contribution is 2.30. The van der Waals surface area contributed by atoms with E-state index in [1.807, 2.05) is 30.3 Å². The molecule has 0 aliphatic heterocycles. The zero-order chi connectivity index (χ0) is 22.1. The molecule has 0 heterocycles. The fourth-order valence-electron chi connectivity index (χ4n) is 3.69. The van der Waals surface area contributed by atoms with Crippen molar-refractivity contribution in [1.82, 2.24) is 5.01 Å². The van der Waals surface area contributed by atoms with Crippen LogP contribution in [-0.2, 0) is 11.2 Å². The third kappa shape index (κ3) is 3.56. The summed E-state index contributed by atoms with van der Waals surface area (Å²) in [5.74, 6) is 3.29. The Kier molecular flexibility index (Phi) is 5.29. The van der Waals surface area contributed by atoms with Crippen molar-refractivity contribution in [1.29, 1.82) is 0 Å². The second kappa shape index (κ2) is 8.06. The standard InChI is InChI=1S/C24H19N3O4/c25-19(13-14-7-2-1-3-8-14)24(31)27(26)23(30)18-12-6-11-17-20(18)22(29)16-10-5-4-9-15(16)21(17)28/h1-12,19H,13,25-26H2/t19-/m1/s1. The second-order valence-electron chi connectivity index (χ2n) is 7.24. The van der Waals surface area contributed by atoms with Crippen LogP contribution in [0.15, 0.2) is 72.8 Å². The van der Waals surface area contributed by atoms with E-state index in [1.54, 1.807) is 18.2 Å². The monoisotopic (exact) mass is 413 g/mol. The molecule has 0 saturated carbocycles. The van der Waals surface area contributed by atoms with E-state index in [0.717, 1.165) is 5.56 Å². The van der Waals surface area contributed by atoms with Crippen LogP contribution in [0.25, 0.3) is 0 Å². The van der Waals surface area contributed by atoms with Gasteiger partial charge in [0.2, 0.25) is 0 Å². The number of rotatable bonds is 4. The van der Waals surface area contributed by atoms with Gasteiger partial charge >= 0.3 is 0 Å². The fourth-order valence-corrected chi connectivity index (χ4v) is 3.69. The molecule has 0 fully saturated rings. The molecular formula is C24H19N3O4. The van der Waals surface area contributed by atoms with E-state index in [0.29, 0.717) is 5.01 Å². The minimum absolute atomic E-state index is 0.0592. The highest BCUT2D eigenvalue weighted by Gasteiger charge is 2.35. The van der Waals surface area contributed by atoms with Crippen molar-refractivity contribution < 1.29 is 19.2 Å². The number of fused-ring (bicyclic) bond motifs is 2. The first-order chi connectivity index (χ1) is 14.9. The molecule has 0 spiro atoms. The molecule has 4 rings (SSSR count). The van der Waals surface area contributed by atoms with E-state index >= 15 is 0 Å². The topological polar surface area (TPSA) is 124 Å². The Balaban J connectivity index is 1.65. The molecule has 2 amide bonds. The number of ketones is 2. The van der Waals surface area contributed by atoms with Crippen LogP contribution in [0.3, 0.4) is 0 Å². The van der Waals surface area contributed by atoms with E-state index < -0.39 is 23.6 Å². The first-order valence-corrected chi connectivity index (χ1v) is 9.64. The molecule has 0 aromatic heterocycles. The van der Waals surface area contributed by atoms with Crippen LogP contribution in [-0.4, -0.2) is 34.4 Å².